The van der Waals surface area contributed by atoms with E-state index in [-0.39, 0.29) is 0 Å². The van der Waals surface area contributed by atoms with E-state index in [0.717, 1.165) is 24.1 Å². The second-order valence-electron chi connectivity index (χ2n) is 4.97. The quantitative estimate of drug-likeness (QED) is 0.786. The largest absolute Gasteiger partial charge is 0.384 e. The number of nitriles is 1. The van der Waals surface area contributed by atoms with E-state index < -0.39 is 0 Å². The fraction of sp³-hybridized carbons (Fsp3) is 0.357. The van der Waals surface area contributed by atoms with E-state index in [2.05, 4.69) is 26.6 Å². The SMILES string of the molecule is N#Cc1cc2c(nc1NCc1cn[nH]c1N)CCCC2. The van der Waals surface area contributed by atoms with Crippen molar-refractivity contribution >= 4 is 11.6 Å². The normalized spacial score (nSPS) is 13.6. The van der Waals surface area contributed by atoms with Gasteiger partial charge in [-0.05, 0) is 37.3 Å². The van der Waals surface area contributed by atoms with Crippen LogP contribution < -0.4 is 11.1 Å². The molecule has 0 amide bonds. The maximum Gasteiger partial charge on any atom is 0.144 e. The summed E-state index contributed by atoms with van der Waals surface area (Å²) in [5.41, 5.74) is 9.52. The van der Waals surface area contributed by atoms with Gasteiger partial charge in [0.25, 0.3) is 0 Å². The third kappa shape index (κ3) is 2.30. The summed E-state index contributed by atoms with van der Waals surface area (Å²) in [5.74, 6) is 1.17. The Balaban J connectivity index is 1.85. The van der Waals surface area contributed by atoms with E-state index in [1.54, 1.807) is 6.20 Å². The zero-order valence-corrected chi connectivity index (χ0v) is 11.1. The zero-order chi connectivity index (χ0) is 13.9. The first-order valence-corrected chi connectivity index (χ1v) is 6.72. The van der Waals surface area contributed by atoms with Gasteiger partial charge in [0.15, 0.2) is 0 Å². The van der Waals surface area contributed by atoms with Gasteiger partial charge in [-0.25, -0.2) is 4.98 Å². The summed E-state index contributed by atoms with van der Waals surface area (Å²) < 4.78 is 0. The summed E-state index contributed by atoms with van der Waals surface area (Å²) in [7, 11) is 0. The molecule has 1 aliphatic rings. The predicted molar refractivity (Wildman–Crippen MR) is 75.9 cm³/mol. The minimum absolute atomic E-state index is 0.503. The topological polar surface area (TPSA) is 103 Å². The highest BCUT2D eigenvalue weighted by Crippen LogP contribution is 2.24. The number of fused-ring (bicyclic) bond motifs is 1. The van der Waals surface area contributed by atoms with Crippen LogP contribution in [0.2, 0.25) is 0 Å². The number of nitrogens with one attached hydrogen (secondary N) is 2. The van der Waals surface area contributed by atoms with Crippen molar-refractivity contribution in [2.24, 2.45) is 0 Å². The Morgan fingerprint density at radius 1 is 1.40 bits per heavy atom. The molecule has 102 valence electrons. The van der Waals surface area contributed by atoms with Crippen LogP contribution in [0.5, 0.6) is 0 Å². The number of hydrogen-bond donors (Lipinski definition) is 3. The Hall–Kier alpha value is -2.55. The van der Waals surface area contributed by atoms with Gasteiger partial charge in [0.05, 0.1) is 11.8 Å². The Kier molecular flexibility index (Phi) is 3.25. The van der Waals surface area contributed by atoms with Crippen LogP contribution in [-0.2, 0) is 19.4 Å². The molecule has 0 aliphatic heterocycles. The molecule has 0 aromatic carbocycles. The molecule has 4 N–H and O–H groups in total. The number of rotatable bonds is 3. The molecule has 0 radical (unpaired) electrons. The molecule has 3 rings (SSSR count). The molecule has 0 unspecified atom stereocenters. The molecule has 20 heavy (non-hydrogen) atoms. The van der Waals surface area contributed by atoms with Crippen LogP contribution in [0.1, 0.15) is 35.2 Å². The number of nitrogens with two attached hydrogens (primary N) is 1. The lowest BCUT2D eigenvalue weighted by molar-refractivity contribution is 0.668. The summed E-state index contributed by atoms with van der Waals surface area (Å²) >= 11 is 0. The van der Waals surface area contributed by atoms with Gasteiger partial charge in [-0.15, -0.1) is 0 Å². The second kappa shape index (κ2) is 5.21. The fourth-order valence-corrected chi connectivity index (χ4v) is 2.49. The van der Waals surface area contributed by atoms with Gasteiger partial charge in [0.2, 0.25) is 0 Å². The van der Waals surface area contributed by atoms with Gasteiger partial charge < -0.3 is 11.1 Å². The molecule has 2 heterocycles. The lowest BCUT2D eigenvalue weighted by Gasteiger charge is -2.17. The summed E-state index contributed by atoms with van der Waals surface area (Å²) in [5, 5.41) is 19.0. The molecule has 0 atom stereocenters. The van der Waals surface area contributed by atoms with Crippen molar-refractivity contribution in [3.63, 3.8) is 0 Å². The number of pyridine rings is 1. The van der Waals surface area contributed by atoms with E-state index in [1.165, 1.54) is 18.4 Å². The van der Waals surface area contributed by atoms with Crippen molar-refractivity contribution < 1.29 is 0 Å². The summed E-state index contributed by atoms with van der Waals surface area (Å²) in [6.45, 7) is 0.503. The van der Waals surface area contributed by atoms with Gasteiger partial charge in [0.1, 0.15) is 17.7 Å². The average Bonchev–Trinajstić information content (AvgIpc) is 2.89. The second-order valence-corrected chi connectivity index (χ2v) is 4.97. The van der Waals surface area contributed by atoms with Crippen molar-refractivity contribution in [3.05, 3.63) is 34.6 Å². The van der Waals surface area contributed by atoms with Crippen LogP contribution in [0.4, 0.5) is 11.6 Å². The maximum atomic E-state index is 9.26. The number of aryl methyl sites for hydroxylation is 2. The fourth-order valence-electron chi connectivity index (χ4n) is 2.49. The minimum atomic E-state index is 0.503. The lowest BCUT2D eigenvalue weighted by Crippen LogP contribution is -2.11. The van der Waals surface area contributed by atoms with E-state index in [1.807, 2.05) is 6.07 Å². The zero-order valence-electron chi connectivity index (χ0n) is 11.1. The summed E-state index contributed by atoms with van der Waals surface area (Å²) in [6.07, 6.45) is 6.03. The van der Waals surface area contributed by atoms with Crippen LogP contribution in [0.15, 0.2) is 12.3 Å². The number of nitrogen functional groups attached to an aromatic ring is 1. The third-order valence-electron chi connectivity index (χ3n) is 3.62. The maximum absolute atomic E-state index is 9.26. The summed E-state index contributed by atoms with van der Waals surface area (Å²) in [6, 6.07) is 4.17. The van der Waals surface area contributed by atoms with Crippen LogP contribution >= 0.6 is 0 Å². The van der Waals surface area contributed by atoms with Gasteiger partial charge in [-0.3, -0.25) is 5.10 Å². The Bertz CT molecular complexity index is 667. The molecule has 6 heteroatoms. The standard InChI is InChI=1S/C14H16N6/c15-6-10-5-9-3-1-2-4-12(9)19-14(10)17-7-11-8-18-20-13(11)16/h5,8H,1-4,7H2,(H,17,19)(H3,16,18,20). The highest BCUT2D eigenvalue weighted by Gasteiger charge is 2.15. The Morgan fingerprint density at radius 2 is 2.25 bits per heavy atom. The van der Waals surface area contributed by atoms with E-state index >= 15 is 0 Å². The highest BCUT2D eigenvalue weighted by molar-refractivity contribution is 5.55. The first-order chi connectivity index (χ1) is 9.78. The van der Waals surface area contributed by atoms with Crippen LogP contribution in [0.3, 0.4) is 0 Å². The Morgan fingerprint density at radius 3 is 3.00 bits per heavy atom. The smallest absolute Gasteiger partial charge is 0.144 e. The molecule has 6 nitrogen and oxygen atoms in total. The number of H-pyrrole nitrogens is 1. The van der Waals surface area contributed by atoms with Gasteiger partial charge in [-0.2, -0.15) is 10.4 Å². The molecule has 0 saturated heterocycles. The predicted octanol–water partition coefficient (Wildman–Crippen LogP) is 1.75. The molecule has 2 aromatic rings. The number of hydrogen-bond acceptors (Lipinski definition) is 5. The third-order valence-corrected chi connectivity index (χ3v) is 3.62. The van der Waals surface area contributed by atoms with Gasteiger partial charge >= 0.3 is 0 Å². The lowest BCUT2D eigenvalue weighted by atomic mass is 9.95. The first-order valence-electron chi connectivity index (χ1n) is 6.72. The minimum Gasteiger partial charge on any atom is -0.384 e. The van der Waals surface area contributed by atoms with Crippen LogP contribution in [0.25, 0.3) is 0 Å². The van der Waals surface area contributed by atoms with Gasteiger partial charge in [-0.1, -0.05) is 0 Å². The molecular weight excluding hydrogens is 252 g/mol. The molecule has 0 spiro atoms. The van der Waals surface area contributed by atoms with Crippen LogP contribution in [0, 0.1) is 11.3 Å². The van der Waals surface area contributed by atoms with Gasteiger partial charge in [0, 0.05) is 17.8 Å². The number of anilines is 2. The van der Waals surface area contributed by atoms with Crippen molar-refractivity contribution in [1.29, 1.82) is 5.26 Å². The molecule has 0 saturated carbocycles. The molecule has 1 aliphatic carbocycles. The number of aromatic amines is 1. The van der Waals surface area contributed by atoms with E-state index in [0.29, 0.717) is 23.7 Å². The first kappa shape index (κ1) is 12.5. The van der Waals surface area contributed by atoms with Crippen LogP contribution in [-0.4, -0.2) is 15.2 Å². The van der Waals surface area contributed by atoms with Crippen molar-refractivity contribution in [3.8, 4) is 6.07 Å². The molecule has 0 fully saturated rings. The van der Waals surface area contributed by atoms with Crippen molar-refractivity contribution in [2.45, 2.75) is 32.2 Å². The van der Waals surface area contributed by atoms with E-state index in [9.17, 15) is 5.26 Å². The Labute approximate surface area is 117 Å². The van der Waals surface area contributed by atoms with Crippen molar-refractivity contribution in [2.75, 3.05) is 11.1 Å². The molecular formula is C14H16N6. The average molecular weight is 268 g/mol. The summed E-state index contributed by atoms with van der Waals surface area (Å²) in [4.78, 5) is 4.61. The monoisotopic (exact) mass is 268 g/mol. The number of aromatic nitrogens is 3. The van der Waals surface area contributed by atoms with Crippen molar-refractivity contribution in [1.82, 2.24) is 15.2 Å². The highest BCUT2D eigenvalue weighted by atomic mass is 15.1. The number of nitrogens with zero attached hydrogens (tertiary/aromatic N) is 3. The molecule has 0 bridgehead atoms. The molecule has 2 aromatic heterocycles. The van der Waals surface area contributed by atoms with E-state index in [4.69, 9.17) is 5.73 Å².